The lowest BCUT2D eigenvalue weighted by molar-refractivity contribution is 0.214. The number of rotatable bonds is 7. The fourth-order valence-corrected chi connectivity index (χ4v) is 1.49. The lowest BCUT2D eigenvalue weighted by Crippen LogP contribution is -2.25. The molecule has 0 unspecified atom stereocenters. The standard InChI is InChI=1S/C15H25NO/c1-5-12(3)16-11-14-9-7-8-10-15(14)17-13(4)6-2/h7-10,12-13,16H,5-6,11H2,1-4H3/t12-,13-/m0/s1. The predicted molar refractivity (Wildman–Crippen MR) is 73.4 cm³/mol. The van der Waals surface area contributed by atoms with E-state index >= 15 is 0 Å². The summed E-state index contributed by atoms with van der Waals surface area (Å²) in [6.45, 7) is 9.53. The van der Waals surface area contributed by atoms with Gasteiger partial charge in [0.1, 0.15) is 5.75 Å². The van der Waals surface area contributed by atoms with Gasteiger partial charge in [-0.15, -0.1) is 0 Å². The van der Waals surface area contributed by atoms with Gasteiger partial charge in [-0.25, -0.2) is 0 Å². The van der Waals surface area contributed by atoms with Crippen molar-refractivity contribution < 1.29 is 4.74 Å². The summed E-state index contributed by atoms with van der Waals surface area (Å²) < 4.78 is 5.92. The average Bonchev–Trinajstić information content (AvgIpc) is 2.37. The Morgan fingerprint density at radius 2 is 1.82 bits per heavy atom. The van der Waals surface area contributed by atoms with Crippen LogP contribution in [0.4, 0.5) is 0 Å². The van der Waals surface area contributed by atoms with Gasteiger partial charge in [0, 0.05) is 18.2 Å². The van der Waals surface area contributed by atoms with Gasteiger partial charge >= 0.3 is 0 Å². The SMILES string of the molecule is CC[C@H](C)NCc1ccccc1O[C@@H](C)CC. The molecule has 1 N–H and O–H groups in total. The van der Waals surface area contributed by atoms with Gasteiger partial charge in [-0.3, -0.25) is 0 Å². The lowest BCUT2D eigenvalue weighted by Gasteiger charge is -2.17. The fraction of sp³-hybridized carbons (Fsp3) is 0.600. The number of para-hydroxylation sites is 1. The molecule has 0 spiro atoms. The van der Waals surface area contributed by atoms with E-state index in [1.165, 1.54) is 5.56 Å². The number of hydrogen-bond donors (Lipinski definition) is 1. The van der Waals surface area contributed by atoms with Crippen LogP contribution in [-0.2, 0) is 6.54 Å². The third-order valence-corrected chi connectivity index (χ3v) is 3.13. The second-order valence-electron chi connectivity index (χ2n) is 4.63. The molecule has 1 aromatic rings. The minimum absolute atomic E-state index is 0.278. The van der Waals surface area contributed by atoms with Crippen LogP contribution in [0.1, 0.15) is 46.1 Å². The first-order chi connectivity index (χ1) is 8.17. The Morgan fingerprint density at radius 1 is 1.12 bits per heavy atom. The van der Waals surface area contributed by atoms with Crippen molar-refractivity contribution in [3.63, 3.8) is 0 Å². The summed E-state index contributed by atoms with van der Waals surface area (Å²) in [7, 11) is 0. The minimum Gasteiger partial charge on any atom is -0.490 e. The maximum Gasteiger partial charge on any atom is 0.124 e. The van der Waals surface area contributed by atoms with E-state index in [1.807, 2.05) is 6.07 Å². The highest BCUT2D eigenvalue weighted by molar-refractivity contribution is 5.33. The molecule has 0 aliphatic rings. The molecule has 0 aliphatic heterocycles. The van der Waals surface area contributed by atoms with Crippen molar-refractivity contribution in [1.82, 2.24) is 5.32 Å². The van der Waals surface area contributed by atoms with Crippen molar-refractivity contribution in [3.05, 3.63) is 29.8 Å². The summed E-state index contributed by atoms with van der Waals surface area (Å²) in [5.41, 5.74) is 1.24. The van der Waals surface area contributed by atoms with E-state index in [2.05, 4.69) is 51.2 Å². The summed E-state index contributed by atoms with van der Waals surface area (Å²) in [6, 6.07) is 8.83. The van der Waals surface area contributed by atoms with Gasteiger partial charge in [0.05, 0.1) is 6.10 Å². The van der Waals surface area contributed by atoms with Crippen molar-refractivity contribution >= 4 is 0 Å². The van der Waals surface area contributed by atoms with Gasteiger partial charge < -0.3 is 10.1 Å². The van der Waals surface area contributed by atoms with Gasteiger partial charge in [-0.1, -0.05) is 32.0 Å². The molecule has 2 atom stereocenters. The van der Waals surface area contributed by atoms with E-state index in [4.69, 9.17) is 4.74 Å². The lowest BCUT2D eigenvalue weighted by atomic mass is 10.1. The first-order valence-corrected chi connectivity index (χ1v) is 6.65. The highest BCUT2D eigenvalue weighted by Gasteiger charge is 2.07. The molecule has 0 bridgehead atoms. The van der Waals surface area contributed by atoms with Crippen LogP contribution in [-0.4, -0.2) is 12.1 Å². The van der Waals surface area contributed by atoms with E-state index in [-0.39, 0.29) is 6.10 Å². The van der Waals surface area contributed by atoms with Crippen LogP contribution >= 0.6 is 0 Å². The van der Waals surface area contributed by atoms with E-state index in [1.54, 1.807) is 0 Å². The average molecular weight is 235 g/mol. The van der Waals surface area contributed by atoms with E-state index in [0.717, 1.165) is 25.1 Å². The van der Waals surface area contributed by atoms with Crippen LogP contribution in [0.5, 0.6) is 5.75 Å². The van der Waals surface area contributed by atoms with Crippen LogP contribution in [0, 0.1) is 0 Å². The van der Waals surface area contributed by atoms with Gasteiger partial charge in [0.25, 0.3) is 0 Å². The second kappa shape index (κ2) is 7.33. The summed E-state index contributed by atoms with van der Waals surface area (Å²) in [6.07, 6.45) is 2.46. The molecular formula is C15H25NO. The quantitative estimate of drug-likeness (QED) is 0.777. The zero-order valence-electron chi connectivity index (χ0n) is 11.5. The molecule has 2 heteroatoms. The molecule has 1 aromatic carbocycles. The molecular weight excluding hydrogens is 210 g/mol. The number of ether oxygens (including phenoxy) is 1. The van der Waals surface area contributed by atoms with Crippen molar-refractivity contribution in [2.45, 2.75) is 59.2 Å². The number of benzene rings is 1. The number of hydrogen-bond acceptors (Lipinski definition) is 2. The summed E-state index contributed by atoms with van der Waals surface area (Å²) >= 11 is 0. The van der Waals surface area contributed by atoms with Gasteiger partial charge in [-0.05, 0) is 32.8 Å². The third-order valence-electron chi connectivity index (χ3n) is 3.13. The fourth-order valence-electron chi connectivity index (χ4n) is 1.49. The van der Waals surface area contributed by atoms with Crippen molar-refractivity contribution in [2.24, 2.45) is 0 Å². The Hall–Kier alpha value is -1.02. The largest absolute Gasteiger partial charge is 0.490 e. The molecule has 0 saturated heterocycles. The van der Waals surface area contributed by atoms with Gasteiger partial charge in [0.15, 0.2) is 0 Å². The Morgan fingerprint density at radius 3 is 2.47 bits per heavy atom. The zero-order valence-corrected chi connectivity index (χ0v) is 11.5. The first kappa shape index (κ1) is 14.0. The molecule has 1 rings (SSSR count). The Labute approximate surface area is 105 Å². The molecule has 2 nitrogen and oxygen atoms in total. The molecule has 0 fully saturated rings. The first-order valence-electron chi connectivity index (χ1n) is 6.65. The van der Waals surface area contributed by atoms with Gasteiger partial charge in [0.2, 0.25) is 0 Å². The number of nitrogens with one attached hydrogen (secondary N) is 1. The second-order valence-corrected chi connectivity index (χ2v) is 4.63. The molecule has 0 amide bonds. The molecule has 96 valence electrons. The van der Waals surface area contributed by atoms with Crippen LogP contribution in [0.2, 0.25) is 0 Å². The highest BCUT2D eigenvalue weighted by Crippen LogP contribution is 2.20. The third kappa shape index (κ3) is 4.78. The Bertz CT molecular complexity index is 324. The molecule has 17 heavy (non-hydrogen) atoms. The monoisotopic (exact) mass is 235 g/mol. The van der Waals surface area contributed by atoms with Crippen molar-refractivity contribution in [2.75, 3.05) is 0 Å². The van der Waals surface area contributed by atoms with E-state index in [0.29, 0.717) is 6.04 Å². The van der Waals surface area contributed by atoms with Crippen molar-refractivity contribution in [3.8, 4) is 5.75 Å². The van der Waals surface area contributed by atoms with Crippen LogP contribution < -0.4 is 10.1 Å². The molecule has 0 radical (unpaired) electrons. The highest BCUT2D eigenvalue weighted by atomic mass is 16.5. The maximum absolute atomic E-state index is 5.92. The maximum atomic E-state index is 5.92. The van der Waals surface area contributed by atoms with Crippen molar-refractivity contribution in [1.29, 1.82) is 0 Å². The summed E-state index contributed by atoms with van der Waals surface area (Å²) in [5.74, 6) is 1.01. The molecule has 0 aliphatic carbocycles. The smallest absolute Gasteiger partial charge is 0.124 e. The Kier molecular flexibility index (Phi) is 6.06. The molecule has 0 heterocycles. The van der Waals surface area contributed by atoms with Crippen LogP contribution in [0.15, 0.2) is 24.3 Å². The summed E-state index contributed by atoms with van der Waals surface area (Å²) in [4.78, 5) is 0. The summed E-state index contributed by atoms with van der Waals surface area (Å²) in [5, 5.41) is 3.50. The molecule has 0 saturated carbocycles. The van der Waals surface area contributed by atoms with Crippen LogP contribution in [0.25, 0.3) is 0 Å². The normalized spacial score (nSPS) is 14.4. The van der Waals surface area contributed by atoms with Crippen LogP contribution in [0.3, 0.4) is 0 Å². The van der Waals surface area contributed by atoms with E-state index < -0.39 is 0 Å². The van der Waals surface area contributed by atoms with Gasteiger partial charge in [-0.2, -0.15) is 0 Å². The Balaban J connectivity index is 2.64. The minimum atomic E-state index is 0.278. The molecule has 0 aromatic heterocycles. The zero-order chi connectivity index (χ0) is 12.7. The topological polar surface area (TPSA) is 21.3 Å². The predicted octanol–water partition coefficient (Wildman–Crippen LogP) is 3.75. The van der Waals surface area contributed by atoms with E-state index in [9.17, 15) is 0 Å².